The minimum atomic E-state index is -0.0309. The third-order valence-electron chi connectivity index (χ3n) is 6.19. The Morgan fingerprint density at radius 3 is 2.88 bits per heavy atom. The number of likely N-dealkylation sites (tertiary alicyclic amines) is 1. The first-order valence-electron chi connectivity index (χ1n) is 10.1. The highest BCUT2D eigenvalue weighted by atomic mass is 16.3. The number of aromatic nitrogens is 1. The summed E-state index contributed by atoms with van der Waals surface area (Å²) in [6.07, 6.45) is 5.88. The molecule has 2 fully saturated rings. The maximum absolute atomic E-state index is 13.0. The Balaban J connectivity index is 1.56. The largest absolute Gasteiger partial charge is 0.440 e. The topological polar surface area (TPSA) is 58.4 Å². The number of likely N-dealkylation sites (N-methyl/N-ethyl adjacent to an activating group) is 1. The number of fused-ring (bicyclic) bond motifs is 1. The SMILES string of the molecule is CCN1CCC(C)C(NC(=O)c2cccc3oc(C4CCCC4)nc23)C1. The van der Waals surface area contributed by atoms with Crippen molar-refractivity contribution >= 4 is 17.0 Å². The summed E-state index contributed by atoms with van der Waals surface area (Å²) in [7, 11) is 0. The van der Waals surface area contributed by atoms with Crippen molar-refractivity contribution in [3.63, 3.8) is 0 Å². The lowest BCUT2D eigenvalue weighted by Gasteiger charge is -2.36. The van der Waals surface area contributed by atoms with E-state index >= 15 is 0 Å². The second kappa shape index (κ2) is 7.39. The fourth-order valence-electron chi connectivity index (χ4n) is 4.35. The van der Waals surface area contributed by atoms with E-state index in [2.05, 4.69) is 24.1 Å². The van der Waals surface area contributed by atoms with E-state index < -0.39 is 0 Å². The third kappa shape index (κ3) is 3.37. The van der Waals surface area contributed by atoms with E-state index in [4.69, 9.17) is 9.40 Å². The highest BCUT2D eigenvalue weighted by Crippen LogP contribution is 2.35. The molecule has 4 rings (SSSR count). The molecular formula is C21H29N3O2. The number of para-hydroxylation sites is 1. The van der Waals surface area contributed by atoms with Gasteiger partial charge in [-0.3, -0.25) is 4.79 Å². The molecule has 5 nitrogen and oxygen atoms in total. The lowest BCUT2D eigenvalue weighted by atomic mass is 9.93. The van der Waals surface area contributed by atoms with Crippen LogP contribution in [0.5, 0.6) is 0 Å². The van der Waals surface area contributed by atoms with Crippen molar-refractivity contribution < 1.29 is 9.21 Å². The smallest absolute Gasteiger partial charge is 0.253 e. The maximum atomic E-state index is 13.0. The number of nitrogens with one attached hydrogen (secondary N) is 1. The molecule has 1 aromatic carbocycles. The molecule has 0 radical (unpaired) electrons. The highest BCUT2D eigenvalue weighted by Gasteiger charge is 2.28. The average molecular weight is 355 g/mol. The molecule has 2 aromatic rings. The molecule has 2 aliphatic rings. The Kier molecular flexibility index (Phi) is 4.98. The quantitative estimate of drug-likeness (QED) is 0.902. The van der Waals surface area contributed by atoms with Gasteiger partial charge in [0.1, 0.15) is 5.52 Å². The van der Waals surface area contributed by atoms with Gasteiger partial charge in [-0.2, -0.15) is 0 Å². The van der Waals surface area contributed by atoms with Gasteiger partial charge in [0.05, 0.1) is 5.56 Å². The maximum Gasteiger partial charge on any atom is 0.253 e. The minimum Gasteiger partial charge on any atom is -0.440 e. The van der Waals surface area contributed by atoms with Gasteiger partial charge in [0, 0.05) is 18.5 Å². The van der Waals surface area contributed by atoms with Gasteiger partial charge in [0.15, 0.2) is 11.5 Å². The molecule has 1 aromatic heterocycles. The molecule has 1 saturated carbocycles. The molecule has 2 unspecified atom stereocenters. The number of carbonyl (C=O) groups excluding carboxylic acids is 1. The summed E-state index contributed by atoms with van der Waals surface area (Å²) < 4.78 is 5.99. The summed E-state index contributed by atoms with van der Waals surface area (Å²) in [5.74, 6) is 1.68. The molecule has 1 aliphatic carbocycles. The number of benzene rings is 1. The van der Waals surface area contributed by atoms with Crippen LogP contribution in [0.4, 0.5) is 0 Å². The second-order valence-electron chi connectivity index (χ2n) is 7.92. The minimum absolute atomic E-state index is 0.0309. The predicted octanol–water partition coefficient (Wildman–Crippen LogP) is 3.95. The first-order valence-corrected chi connectivity index (χ1v) is 10.1. The molecule has 1 aliphatic heterocycles. The molecule has 2 heterocycles. The lowest BCUT2D eigenvalue weighted by Crippen LogP contribution is -2.51. The van der Waals surface area contributed by atoms with E-state index in [9.17, 15) is 4.79 Å². The summed E-state index contributed by atoms with van der Waals surface area (Å²) in [6, 6.07) is 5.86. The van der Waals surface area contributed by atoms with Gasteiger partial charge in [-0.1, -0.05) is 32.8 Å². The van der Waals surface area contributed by atoms with Crippen LogP contribution >= 0.6 is 0 Å². The standard InChI is InChI=1S/C21H29N3O2/c1-3-24-12-11-14(2)17(13-24)22-20(25)16-9-6-10-18-19(16)23-21(26-18)15-7-4-5-8-15/h6,9-10,14-15,17H,3-5,7-8,11-13H2,1-2H3,(H,22,25). The summed E-state index contributed by atoms with van der Waals surface area (Å²) in [4.78, 5) is 20.1. The van der Waals surface area contributed by atoms with Crippen LogP contribution in [0.1, 0.15) is 68.1 Å². The average Bonchev–Trinajstić information content (AvgIpc) is 3.32. The van der Waals surface area contributed by atoms with Crippen molar-refractivity contribution in [1.82, 2.24) is 15.2 Å². The van der Waals surface area contributed by atoms with Gasteiger partial charge in [-0.05, 0) is 50.4 Å². The fourth-order valence-corrected chi connectivity index (χ4v) is 4.35. The summed E-state index contributed by atoms with van der Waals surface area (Å²) in [6.45, 7) is 7.48. The number of amides is 1. The van der Waals surface area contributed by atoms with Crippen LogP contribution in [0.25, 0.3) is 11.1 Å². The van der Waals surface area contributed by atoms with Gasteiger partial charge in [0.25, 0.3) is 5.91 Å². The van der Waals surface area contributed by atoms with Crippen LogP contribution in [0.15, 0.2) is 22.6 Å². The lowest BCUT2D eigenvalue weighted by molar-refractivity contribution is 0.0867. The Labute approximate surface area is 155 Å². The number of nitrogens with zero attached hydrogens (tertiary/aromatic N) is 2. The van der Waals surface area contributed by atoms with Gasteiger partial charge < -0.3 is 14.6 Å². The first-order chi connectivity index (χ1) is 12.7. The Morgan fingerprint density at radius 2 is 2.12 bits per heavy atom. The van der Waals surface area contributed by atoms with Crippen molar-refractivity contribution in [3.8, 4) is 0 Å². The van der Waals surface area contributed by atoms with Crippen molar-refractivity contribution in [1.29, 1.82) is 0 Å². The zero-order valence-electron chi connectivity index (χ0n) is 15.8. The molecule has 5 heteroatoms. The van der Waals surface area contributed by atoms with Crippen LogP contribution < -0.4 is 5.32 Å². The Hall–Kier alpha value is -1.88. The highest BCUT2D eigenvalue weighted by molar-refractivity contribution is 6.04. The molecule has 1 N–H and O–H groups in total. The zero-order chi connectivity index (χ0) is 18.1. The van der Waals surface area contributed by atoms with E-state index in [1.54, 1.807) is 0 Å². The third-order valence-corrected chi connectivity index (χ3v) is 6.19. The van der Waals surface area contributed by atoms with Crippen molar-refractivity contribution in [2.75, 3.05) is 19.6 Å². The number of piperidine rings is 1. The van der Waals surface area contributed by atoms with Gasteiger partial charge in [-0.25, -0.2) is 4.98 Å². The number of hydrogen-bond acceptors (Lipinski definition) is 4. The zero-order valence-corrected chi connectivity index (χ0v) is 15.8. The van der Waals surface area contributed by atoms with Crippen LogP contribution in [-0.2, 0) is 0 Å². The molecule has 0 bridgehead atoms. The molecule has 140 valence electrons. The Bertz CT molecular complexity index is 779. The van der Waals surface area contributed by atoms with Crippen molar-refractivity contribution in [2.24, 2.45) is 5.92 Å². The number of oxazole rings is 1. The summed E-state index contributed by atoms with van der Waals surface area (Å²) in [5.41, 5.74) is 2.07. The van der Waals surface area contributed by atoms with Crippen LogP contribution in [0.2, 0.25) is 0 Å². The normalized spacial score (nSPS) is 25.0. The predicted molar refractivity (Wildman–Crippen MR) is 102 cm³/mol. The number of rotatable bonds is 4. The Morgan fingerprint density at radius 1 is 1.31 bits per heavy atom. The van der Waals surface area contributed by atoms with Crippen LogP contribution in [0.3, 0.4) is 0 Å². The van der Waals surface area contributed by atoms with E-state index in [0.29, 0.717) is 22.9 Å². The van der Waals surface area contributed by atoms with Crippen molar-refractivity contribution in [2.45, 2.75) is 57.9 Å². The van der Waals surface area contributed by atoms with Gasteiger partial charge in [-0.15, -0.1) is 0 Å². The van der Waals surface area contributed by atoms with Gasteiger partial charge >= 0.3 is 0 Å². The number of hydrogen-bond donors (Lipinski definition) is 1. The van der Waals surface area contributed by atoms with Crippen LogP contribution in [-0.4, -0.2) is 41.5 Å². The van der Waals surface area contributed by atoms with E-state index in [1.807, 2.05) is 18.2 Å². The molecule has 0 spiro atoms. The van der Waals surface area contributed by atoms with E-state index in [-0.39, 0.29) is 11.9 Å². The fraction of sp³-hybridized carbons (Fsp3) is 0.619. The molecule has 1 saturated heterocycles. The van der Waals surface area contributed by atoms with E-state index in [1.165, 1.54) is 12.8 Å². The van der Waals surface area contributed by atoms with E-state index in [0.717, 1.165) is 50.4 Å². The monoisotopic (exact) mass is 355 g/mol. The summed E-state index contributed by atoms with van der Waals surface area (Å²) >= 11 is 0. The molecule has 26 heavy (non-hydrogen) atoms. The van der Waals surface area contributed by atoms with Crippen molar-refractivity contribution in [3.05, 3.63) is 29.7 Å². The van der Waals surface area contributed by atoms with Gasteiger partial charge in [0.2, 0.25) is 0 Å². The summed E-state index contributed by atoms with van der Waals surface area (Å²) in [5, 5.41) is 3.26. The first kappa shape index (κ1) is 17.5. The molecular weight excluding hydrogens is 326 g/mol. The number of carbonyl (C=O) groups is 1. The molecule has 1 amide bonds. The molecule has 2 atom stereocenters. The van der Waals surface area contributed by atoms with Crippen LogP contribution in [0, 0.1) is 5.92 Å². The second-order valence-corrected chi connectivity index (χ2v) is 7.92.